The zero-order valence-corrected chi connectivity index (χ0v) is 13.2. The van der Waals surface area contributed by atoms with Crippen molar-refractivity contribution in [3.05, 3.63) is 65.0 Å². The Morgan fingerprint density at radius 3 is 2.59 bits per heavy atom. The summed E-state index contributed by atoms with van der Waals surface area (Å²) in [6.45, 7) is 4.62. The minimum atomic E-state index is -0.311. The van der Waals surface area contributed by atoms with Crippen LogP contribution in [0.3, 0.4) is 0 Å². The van der Waals surface area contributed by atoms with E-state index in [9.17, 15) is 9.18 Å². The zero-order valence-electron chi connectivity index (χ0n) is 13.2. The van der Waals surface area contributed by atoms with Crippen molar-refractivity contribution in [3.63, 3.8) is 0 Å². The predicted octanol–water partition coefficient (Wildman–Crippen LogP) is 3.51. The highest BCUT2D eigenvalue weighted by Gasteiger charge is 2.11. The van der Waals surface area contributed by atoms with Gasteiger partial charge in [0.25, 0.3) is 0 Å². The van der Waals surface area contributed by atoms with Gasteiger partial charge in [0, 0.05) is 19.3 Å². The van der Waals surface area contributed by atoms with E-state index in [1.807, 2.05) is 38.1 Å². The number of aryl methyl sites for hydroxylation is 2. The highest BCUT2D eigenvalue weighted by Crippen LogP contribution is 2.16. The summed E-state index contributed by atoms with van der Waals surface area (Å²) in [5, 5.41) is 3.00. The molecule has 3 nitrogen and oxygen atoms in total. The Kier molecular flexibility index (Phi) is 5.15. The zero-order chi connectivity index (χ0) is 16.1. The summed E-state index contributed by atoms with van der Waals surface area (Å²) in [5.41, 5.74) is 3.85. The number of anilines is 1. The number of benzene rings is 2. The van der Waals surface area contributed by atoms with Crippen LogP contribution in [0.1, 0.15) is 16.7 Å². The molecule has 0 aliphatic heterocycles. The lowest BCUT2D eigenvalue weighted by molar-refractivity contribution is -0.128. The molecule has 0 aromatic heterocycles. The van der Waals surface area contributed by atoms with Crippen molar-refractivity contribution < 1.29 is 9.18 Å². The molecule has 2 rings (SSSR count). The number of nitrogens with zero attached hydrogens (tertiary/aromatic N) is 1. The molecule has 0 spiro atoms. The largest absolute Gasteiger partial charge is 0.376 e. The number of hydrogen-bond acceptors (Lipinski definition) is 2. The van der Waals surface area contributed by atoms with Gasteiger partial charge in [0.15, 0.2) is 0 Å². The van der Waals surface area contributed by atoms with Crippen molar-refractivity contribution in [3.8, 4) is 0 Å². The van der Waals surface area contributed by atoms with E-state index in [0.29, 0.717) is 12.2 Å². The van der Waals surface area contributed by atoms with E-state index in [1.54, 1.807) is 18.0 Å². The molecule has 0 aliphatic rings. The van der Waals surface area contributed by atoms with E-state index in [1.165, 1.54) is 12.1 Å². The lowest BCUT2D eigenvalue weighted by atomic mass is 10.1. The lowest BCUT2D eigenvalue weighted by Gasteiger charge is -2.19. The van der Waals surface area contributed by atoms with Crippen LogP contribution in [0, 0.1) is 19.7 Å². The fourth-order valence-corrected chi connectivity index (χ4v) is 2.22. The van der Waals surface area contributed by atoms with Gasteiger partial charge in [-0.1, -0.05) is 30.3 Å². The third kappa shape index (κ3) is 4.07. The maximum absolute atomic E-state index is 13.2. The van der Waals surface area contributed by atoms with Crippen LogP contribution >= 0.6 is 0 Å². The molecule has 2 aromatic carbocycles. The third-order valence-electron chi connectivity index (χ3n) is 3.72. The number of likely N-dealkylation sites (N-methyl/N-ethyl adjacent to an activating group) is 1. The number of halogens is 1. The van der Waals surface area contributed by atoms with Crippen molar-refractivity contribution in [2.24, 2.45) is 0 Å². The first kappa shape index (κ1) is 16.0. The van der Waals surface area contributed by atoms with E-state index in [-0.39, 0.29) is 18.3 Å². The van der Waals surface area contributed by atoms with Gasteiger partial charge in [-0.3, -0.25) is 4.79 Å². The SMILES string of the molecule is Cc1ccccc1CN(C)C(=O)CNc1cc(F)ccc1C. The van der Waals surface area contributed by atoms with Crippen LogP contribution < -0.4 is 5.32 Å². The monoisotopic (exact) mass is 300 g/mol. The molecule has 0 saturated carbocycles. The Balaban J connectivity index is 1.94. The molecule has 116 valence electrons. The second-order valence-corrected chi connectivity index (χ2v) is 5.49. The Morgan fingerprint density at radius 1 is 1.14 bits per heavy atom. The smallest absolute Gasteiger partial charge is 0.241 e. The van der Waals surface area contributed by atoms with Gasteiger partial charge in [-0.25, -0.2) is 4.39 Å². The van der Waals surface area contributed by atoms with Gasteiger partial charge < -0.3 is 10.2 Å². The van der Waals surface area contributed by atoms with E-state index < -0.39 is 0 Å². The van der Waals surface area contributed by atoms with Gasteiger partial charge in [0.05, 0.1) is 6.54 Å². The van der Waals surface area contributed by atoms with E-state index >= 15 is 0 Å². The maximum atomic E-state index is 13.2. The number of rotatable bonds is 5. The van der Waals surface area contributed by atoms with Crippen LogP contribution in [-0.2, 0) is 11.3 Å². The van der Waals surface area contributed by atoms with Crippen LogP contribution in [0.25, 0.3) is 0 Å². The van der Waals surface area contributed by atoms with Crippen LogP contribution in [-0.4, -0.2) is 24.4 Å². The first-order chi connectivity index (χ1) is 10.5. The Labute approximate surface area is 130 Å². The number of hydrogen-bond donors (Lipinski definition) is 1. The van der Waals surface area contributed by atoms with E-state index in [4.69, 9.17) is 0 Å². The molecule has 0 heterocycles. The second-order valence-electron chi connectivity index (χ2n) is 5.49. The summed E-state index contributed by atoms with van der Waals surface area (Å²) in [4.78, 5) is 13.9. The summed E-state index contributed by atoms with van der Waals surface area (Å²) >= 11 is 0. The first-order valence-electron chi connectivity index (χ1n) is 7.26. The summed E-state index contributed by atoms with van der Waals surface area (Å²) in [5.74, 6) is -0.347. The molecular weight excluding hydrogens is 279 g/mol. The molecule has 22 heavy (non-hydrogen) atoms. The molecule has 0 radical (unpaired) electrons. The molecule has 2 aromatic rings. The maximum Gasteiger partial charge on any atom is 0.241 e. The number of carbonyl (C=O) groups excluding carboxylic acids is 1. The summed E-state index contributed by atoms with van der Waals surface area (Å²) in [6, 6.07) is 12.5. The minimum absolute atomic E-state index is 0.0353. The lowest BCUT2D eigenvalue weighted by Crippen LogP contribution is -2.32. The molecule has 0 fully saturated rings. The Morgan fingerprint density at radius 2 is 1.86 bits per heavy atom. The molecule has 4 heteroatoms. The molecule has 1 amide bonds. The normalized spacial score (nSPS) is 10.4. The molecule has 0 bridgehead atoms. The quantitative estimate of drug-likeness (QED) is 0.916. The standard InChI is InChI=1S/C18H21FN2O/c1-13-6-4-5-7-15(13)12-21(3)18(22)11-20-17-10-16(19)9-8-14(17)2/h4-10,20H,11-12H2,1-3H3. The van der Waals surface area contributed by atoms with Crippen molar-refractivity contribution in [1.82, 2.24) is 4.90 Å². The van der Waals surface area contributed by atoms with Crippen molar-refractivity contribution in [1.29, 1.82) is 0 Å². The van der Waals surface area contributed by atoms with Gasteiger partial charge in [-0.15, -0.1) is 0 Å². The molecule has 0 saturated heterocycles. The van der Waals surface area contributed by atoms with Gasteiger partial charge in [0.2, 0.25) is 5.91 Å². The topological polar surface area (TPSA) is 32.3 Å². The van der Waals surface area contributed by atoms with E-state index in [0.717, 1.165) is 16.7 Å². The average molecular weight is 300 g/mol. The molecule has 0 aliphatic carbocycles. The van der Waals surface area contributed by atoms with E-state index in [2.05, 4.69) is 5.32 Å². The highest BCUT2D eigenvalue weighted by atomic mass is 19.1. The second kappa shape index (κ2) is 7.07. The van der Waals surface area contributed by atoms with Gasteiger partial charge in [-0.2, -0.15) is 0 Å². The number of amides is 1. The van der Waals surface area contributed by atoms with Gasteiger partial charge in [-0.05, 0) is 42.7 Å². The number of carbonyl (C=O) groups is 1. The molecular formula is C18H21FN2O. The first-order valence-corrected chi connectivity index (χ1v) is 7.26. The van der Waals surface area contributed by atoms with Crippen LogP contribution in [0.5, 0.6) is 0 Å². The molecule has 0 atom stereocenters. The minimum Gasteiger partial charge on any atom is -0.376 e. The third-order valence-corrected chi connectivity index (χ3v) is 3.72. The molecule has 0 unspecified atom stereocenters. The van der Waals surface area contributed by atoms with Gasteiger partial charge in [0.1, 0.15) is 5.82 Å². The fraction of sp³-hybridized carbons (Fsp3) is 0.278. The van der Waals surface area contributed by atoms with Crippen molar-refractivity contribution in [2.75, 3.05) is 18.9 Å². The summed E-state index contributed by atoms with van der Waals surface area (Å²) in [7, 11) is 1.77. The molecule has 1 N–H and O–H groups in total. The van der Waals surface area contributed by atoms with Crippen LogP contribution in [0.4, 0.5) is 10.1 Å². The van der Waals surface area contributed by atoms with Crippen molar-refractivity contribution >= 4 is 11.6 Å². The average Bonchev–Trinajstić information content (AvgIpc) is 2.50. The van der Waals surface area contributed by atoms with Crippen molar-refractivity contribution in [2.45, 2.75) is 20.4 Å². The number of nitrogens with one attached hydrogen (secondary N) is 1. The fourth-order valence-electron chi connectivity index (χ4n) is 2.22. The summed E-state index contributed by atoms with van der Waals surface area (Å²) in [6.07, 6.45) is 0. The van der Waals surface area contributed by atoms with Crippen LogP contribution in [0.2, 0.25) is 0 Å². The summed E-state index contributed by atoms with van der Waals surface area (Å²) < 4.78 is 13.2. The van der Waals surface area contributed by atoms with Gasteiger partial charge >= 0.3 is 0 Å². The van der Waals surface area contributed by atoms with Crippen LogP contribution in [0.15, 0.2) is 42.5 Å². The highest BCUT2D eigenvalue weighted by molar-refractivity contribution is 5.80. The Bertz CT molecular complexity index is 670. The predicted molar refractivity (Wildman–Crippen MR) is 87.3 cm³/mol. The Hall–Kier alpha value is -2.36.